The van der Waals surface area contributed by atoms with Gasteiger partial charge in [-0.05, 0) is 36.2 Å². The number of carbonyl (C=O) groups is 3. The van der Waals surface area contributed by atoms with Crippen molar-refractivity contribution >= 4 is 29.3 Å². The third kappa shape index (κ3) is 6.16. The summed E-state index contributed by atoms with van der Waals surface area (Å²) in [6, 6.07) is 15.4. The Morgan fingerprint density at radius 1 is 1.00 bits per heavy atom. The van der Waals surface area contributed by atoms with Crippen molar-refractivity contribution in [3.05, 3.63) is 65.7 Å². The molecule has 0 saturated carbocycles. The second-order valence-corrected chi connectivity index (χ2v) is 6.96. The maximum atomic E-state index is 12.5. The summed E-state index contributed by atoms with van der Waals surface area (Å²) in [5.74, 6) is -1.83. The second-order valence-electron chi connectivity index (χ2n) is 6.96. The Balaban J connectivity index is 1.98. The van der Waals surface area contributed by atoms with E-state index in [4.69, 9.17) is 11.1 Å². The van der Waals surface area contributed by atoms with Crippen molar-refractivity contribution < 1.29 is 19.5 Å². The van der Waals surface area contributed by atoms with Crippen LogP contribution in [0.4, 0.5) is 5.69 Å². The Labute approximate surface area is 175 Å². The number of anilines is 1. The van der Waals surface area contributed by atoms with E-state index in [2.05, 4.69) is 10.6 Å². The molecule has 6 N–H and O–H groups in total. The van der Waals surface area contributed by atoms with Crippen molar-refractivity contribution in [2.45, 2.75) is 38.1 Å². The van der Waals surface area contributed by atoms with Crippen LogP contribution in [0, 0.1) is 5.41 Å². The molecule has 158 valence electrons. The van der Waals surface area contributed by atoms with Gasteiger partial charge in [0.25, 0.3) is 0 Å². The number of aliphatic carboxylic acids is 1. The monoisotopic (exact) mass is 410 g/mol. The van der Waals surface area contributed by atoms with E-state index in [1.807, 2.05) is 13.0 Å². The minimum Gasteiger partial charge on any atom is -0.481 e. The summed E-state index contributed by atoms with van der Waals surface area (Å²) < 4.78 is 0. The second kappa shape index (κ2) is 10.2. The molecule has 0 saturated heterocycles. The van der Waals surface area contributed by atoms with Crippen LogP contribution in [-0.2, 0) is 19.9 Å². The van der Waals surface area contributed by atoms with Gasteiger partial charge in [0.15, 0.2) is 0 Å². The van der Waals surface area contributed by atoms with E-state index < -0.39 is 17.4 Å². The van der Waals surface area contributed by atoms with Gasteiger partial charge in [-0.25, -0.2) is 0 Å². The molecule has 2 amide bonds. The number of hydrogen-bond acceptors (Lipinski definition) is 4. The molecule has 0 aromatic heterocycles. The molecule has 1 atom stereocenters. The third-order valence-electron chi connectivity index (χ3n) is 4.82. The van der Waals surface area contributed by atoms with Crippen molar-refractivity contribution in [3.8, 4) is 0 Å². The molecule has 0 spiro atoms. The third-order valence-corrected chi connectivity index (χ3v) is 4.82. The molecule has 30 heavy (non-hydrogen) atoms. The first-order valence-corrected chi connectivity index (χ1v) is 9.58. The van der Waals surface area contributed by atoms with Gasteiger partial charge in [0.2, 0.25) is 11.8 Å². The molecular formula is C22H26N4O4. The van der Waals surface area contributed by atoms with Gasteiger partial charge in [0.05, 0.1) is 12.0 Å². The Morgan fingerprint density at radius 3 is 2.13 bits per heavy atom. The molecule has 0 aliphatic heterocycles. The fourth-order valence-corrected chi connectivity index (χ4v) is 3.16. The Hall–Kier alpha value is -3.68. The van der Waals surface area contributed by atoms with Gasteiger partial charge in [-0.15, -0.1) is 0 Å². The number of amidine groups is 1. The Kier molecular flexibility index (Phi) is 7.69. The quantitative estimate of drug-likeness (QED) is 0.302. The number of nitrogens with one attached hydrogen (secondary N) is 3. The summed E-state index contributed by atoms with van der Waals surface area (Å²) in [4.78, 5) is 36.1. The lowest BCUT2D eigenvalue weighted by Crippen LogP contribution is -2.47. The average molecular weight is 410 g/mol. The molecule has 2 aromatic carbocycles. The molecule has 0 bridgehead atoms. The van der Waals surface area contributed by atoms with Crippen molar-refractivity contribution in [2.24, 2.45) is 5.73 Å². The van der Waals surface area contributed by atoms with Gasteiger partial charge in [0.1, 0.15) is 5.84 Å². The number of nitrogens with two attached hydrogens (primary N) is 1. The highest BCUT2D eigenvalue weighted by molar-refractivity contribution is 5.96. The van der Waals surface area contributed by atoms with Crippen LogP contribution < -0.4 is 16.4 Å². The van der Waals surface area contributed by atoms with Gasteiger partial charge in [-0.3, -0.25) is 19.8 Å². The molecule has 2 rings (SSSR count). The minimum atomic E-state index is -1.04. The maximum absolute atomic E-state index is 12.5. The van der Waals surface area contributed by atoms with Crippen molar-refractivity contribution in [1.29, 1.82) is 5.41 Å². The smallest absolute Gasteiger partial charge is 0.306 e. The molecule has 0 aliphatic rings. The van der Waals surface area contributed by atoms with Crippen molar-refractivity contribution in [2.75, 3.05) is 5.32 Å². The lowest BCUT2D eigenvalue weighted by Gasteiger charge is -2.33. The van der Waals surface area contributed by atoms with Crippen LogP contribution in [-0.4, -0.2) is 28.7 Å². The van der Waals surface area contributed by atoms with Gasteiger partial charge in [0, 0.05) is 24.1 Å². The summed E-state index contributed by atoms with van der Waals surface area (Å²) in [5.41, 5.74) is 6.14. The van der Waals surface area contributed by atoms with Crippen LogP contribution in [0.15, 0.2) is 54.6 Å². The highest BCUT2D eigenvalue weighted by Gasteiger charge is 2.34. The van der Waals surface area contributed by atoms with E-state index in [1.54, 1.807) is 48.5 Å². The first-order chi connectivity index (χ1) is 14.3. The number of carboxylic acid groups (broad SMARTS) is 1. The molecule has 8 nitrogen and oxygen atoms in total. The predicted octanol–water partition coefficient (Wildman–Crippen LogP) is 2.59. The summed E-state index contributed by atoms with van der Waals surface area (Å²) in [5, 5.41) is 22.2. The molecule has 8 heteroatoms. The molecule has 0 aliphatic carbocycles. The average Bonchev–Trinajstić information content (AvgIpc) is 2.72. The zero-order valence-corrected chi connectivity index (χ0v) is 16.8. The first kappa shape index (κ1) is 22.6. The number of rotatable bonds is 10. The zero-order valence-electron chi connectivity index (χ0n) is 16.8. The van der Waals surface area contributed by atoms with Crippen molar-refractivity contribution in [1.82, 2.24) is 5.32 Å². The zero-order chi connectivity index (χ0) is 22.1. The minimum absolute atomic E-state index is 0.0536. The fraction of sp³-hybridized carbons (Fsp3) is 0.273. The van der Waals surface area contributed by atoms with Gasteiger partial charge in [-0.1, -0.05) is 37.3 Å². The molecular weight excluding hydrogens is 384 g/mol. The largest absolute Gasteiger partial charge is 0.481 e. The fourth-order valence-electron chi connectivity index (χ4n) is 3.16. The van der Waals surface area contributed by atoms with Gasteiger partial charge < -0.3 is 21.5 Å². The standard InChI is InChI=1S/C22H26N4O4/c1-2-22(14-20(29)30,16-6-4-3-5-7-16)26-19(28)13-12-18(27)25-17-10-8-15(9-11-17)21(23)24/h3-11H,2,12-14H2,1H3,(H3,23,24)(H,25,27)(H,26,28)(H,29,30). The van der Waals surface area contributed by atoms with Crippen LogP contribution in [0.25, 0.3) is 0 Å². The van der Waals surface area contributed by atoms with E-state index in [-0.39, 0.29) is 31.0 Å². The molecule has 1 unspecified atom stereocenters. The number of carbonyl (C=O) groups excluding carboxylic acids is 2. The van der Waals surface area contributed by atoms with Gasteiger partial charge in [-0.2, -0.15) is 0 Å². The van der Waals surface area contributed by atoms with Crippen LogP contribution in [0.3, 0.4) is 0 Å². The summed E-state index contributed by atoms with van der Waals surface area (Å²) in [6.45, 7) is 1.81. The number of benzene rings is 2. The topological polar surface area (TPSA) is 145 Å². The van der Waals surface area contributed by atoms with E-state index in [0.717, 1.165) is 0 Å². The SMILES string of the molecule is CCC(CC(=O)O)(NC(=O)CCC(=O)Nc1ccc(C(=N)N)cc1)c1ccccc1. The molecule has 0 fully saturated rings. The van der Waals surface area contributed by atoms with Crippen LogP contribution >= 0.6 is 0 Å². The van der Waals surface area contributed by atoms with Crippen LogP contribution in [0.2, 0.25) is 0 Å². The van der Waals surface area contributed by atoms with Crippen LogP contribution in [0.1, 0.15) is 43.7 Å². The first-order valence-electron chi connectivity index (χ1n) is 9.58. The highest BCUT2D eigenvalue weighted by atomic mass is 16.4. The number of nitrogen functional groups attached to an aromatic ring is 1. The van der Waals surface area contributed by atoms with Crippen molar-refractivity contribution in [3.63, 3.8) is 0 Å². The molecule has 0 radical (unpaired) electrons. The normalized spacial score (nSPS) is 12.4. The van der Waals surface area contributed by atoms with Crippen LogP contribution in [0.5, 0.6) is 0 Å². The number of carboxylic acids is 1. The number of amides is 2. The van der Waals surface area contributed by atoms with Gasteiger partial charge >= 0.3 is 5.97 Å². The lowest BCUT2D eigenvalue weighted by atomic mass is 9.83. The number of hydrogen-bond donors (Lipinski definition) is 5. The lowest BCUT2D eigenvalue weighted by molar-refractivity contribution is -0.139. The van der Waals surface area contributed by atoms with E-state index in [0.29, 0.717) is 23.2 Å². The van der Waals surface area contributed by atoms with E-state index >= 15 is 0 Å². The summed E-state index contributed by atoms with van der Waals surface area (Å²) in [7, 11) is 0. The summed E-state index contributed by atoms with van der Waals surface area (Å²) >= 11 is 0. The Bertz CT molecular complexity index is 912. The summed E-state index contributed by atoms with van der Waals surface area (Å²) in [6.07, 6.45) is 0.00517. The van der Waals surface area contributed by atoms with E-state index in [1.165, 1.54) is 0 Å². The maximum Gasteiger partial charge on any atom is 0.306 e. The molecule has 0 heterocycles. The predicted molar refractivity (Wildman–Crippen MR) is 114 cm³/mol. The highest BCUT2D eigenvalue weighted by Crippen LogP contribution is 2.29. The van der Waals surface area contributed by atoms with E-state index in [9.17, 15) is 19.5 Å². The molecule has 2 aromatic rings. The Morgan fingerprint density at radius 2 is 1.60 bits per heavy atom.